The molecule has 96 valence electrons. The van der Waals surface area contributed by atoms with Gasteiger partial charge in [-0.3, -0.25) is 0 Å². The van der Waals surface area contributed by atoms with Crippen LogP contribution >= 0.6 is 20.7 Å². The summed E-state index contributed by atoms with van der Waals surface area (Å²) in [5.41, 5.74) is 0.305. The molecule has 1 aromatic heterocycles. The van der Waals surface area contributed by atoms with Gasteiger partial charge in [-0.05, 0) is 45.0 Å². The molecule has 0 radical (unpaired) electrons. The Labute approximate surface area is 118 Å². The van der Waals surface area contributed by atoms with Gasteiger partial charge in [0.2, 0.25) is 0 Å². The molecule has 0 spiro atoms. The third kappa shape index (κ3) is 2.70. The second-order valence-electron chi connectivity index (χ2n) is 3.80. The lowest BCUT2D eigenvalue weighted by atomic mass is 10.2. The number of hydrogen-bond donors (Lipinski definition) is 0. The van der Waals surface area contributed by atoms with E-state index in [1.807, 2.05) is 0 Å². The highest BCUT2D eigenvalue weighted by molar-refractivity contribution is 14.2. The van der Waals surface area contributed by atoms with Crippen LogP contribution in [0.2, 0.25) is 0 Å². The van der Waals surface area contributed by atoms with Gasteiger partial charge < -0.3 is 4.74 Å². The molecule has 19 heavy (non-hydrogen) atoms. The number of benzene rings is 1. The first-order chi connectivity index (χ1) is 9.22. The lowest BCUT2D eigenvalue weighted by molar-refractivity contribution is 0.568. The number of fused-ring (bicyclic) bond motifs is 1. The molecule has 0 atom stereocenters. The highest BCUT2D eigenvalue weighted by Gasteiger charge is 2.07. The molecule has 1 aromatic carbocycles. The highest BCUT2D eigenvalue weighted by atomic mass is 127. The van der Waals surface area contributed by atoms with Gasteiger partial charge in [0.05, 0.1) is 6.20 Å². The van der Waals surface area contributed by atoms with Crippen molar-refractivity contribution in [1.29, 1.82) is 0 Å². The molecule has 2 nitrogen and oxygen atoms in total. The zero-order valence-electron chi connectivity index (χ0n) is 9.61. The fourth-order valence-electron chi connectivity index (χ4n) is 1.67. The summed E-state index contributed by atoms with van der Waals surface area (Å²) in [4.78, 5) is 4.03. The van der Waals surface area contributed by atoms with E-state index in [2.05, 4.69) is 4.98 Å². The van der Waals surface area contributed by atoms with Crippen molar-refractivity contribution in [1.82, 2.24) is 4.98 Å². The first kappa shape index (κ1) is 12.4. The van der Waals surface area contributed by atoms with Gasteiger partial charge in [-0.15, -0.1) is 0 Å². The van der Waals surface area contributed by atoms with Crippen molar-refractivity contribution in [2.75, 3.05) is 0 Å². The Bertz CT molecular complexity index is 737. The van der Waals surface area contributed by atoms with Gasteiger partial charge in [0.15, 0.2) is 7.53 Å². The molecule has 0 bridgehead atoms. The number of allylic oxidation sites excluding steroid dienone is 2. The minimum atomic E-state index is -0.890. The predicted molar refractivity (Wildman–Crippen MR) is 79.7 cm³/mol. The first-order valence-corrected chi connectivity index (χ1v) is 7.66. The smallest absolute Gasteiger partial charge is 0.161 e. The van der Waals surface area contributed by atoms with E-state index in [-0.39, 0.29) is 9.65 Å². The van der Waals surface area contributed by atoms with Crippen molar-refractivity contribution in [3.8, 4) is 5.75 Å². The van der Waals surface area contributed by atoms with Crippen LogP contribution in [0.5, 0.6) is 5.75 Å². The van der Waals surface area contributed by atoms with E-state index < -0.39 is 20.7 Å². The quantitative estimate of drug-likeness (QED) is 0.738. The van der Waals surface area contributed by atoms with Crippen molar-refractivity contribution < 1.29 is 13.5 Å². The van der Waals surface area contributed by atoms with E-state index >= 15 is 0 Å². The monoisotopic (exact) mass is 371 g/mol. The van der Waals surface area contributed by atoms with Crippen LogP contribution in [0.15, 0.2) is 52.5 Å². The molecule has 0 fully saturated rings. The van der Waals surface area contributed by atoms with Crippen LogP contribution in [-0.2, 0) is 0 Å². The molecule has 2 aromatic rings. The fourth-order valence-corrected chi connectivity index (χ4v) is 3.32. The van der Waals surface area contributed by atoms with Crippen LogP contribution in [0, 0.1) is 5.82 Å². The molecule has 0 aliphatic carbocycles. The van der Waals surface area contributed by atoms with Crippen LogP contribution in [0.25, 0.3) is 10.9 Å². The van der Waals surface area contributed by atoms with Crippen LogP contribution < -0.4 is 4.74 Å². The summed E-state index contributed by atoms with van der Waals surface area (Å²) in [7, 11) is 0. The minimum Gasteiger partial charge on any atom is -0.450 e. The van der Waals surface area contributed by atoms with Gasteiger partial charge in [0.1, 0.15) is 17.1 Å². The number of aromatic nitrogens is 1. The summed E-state index contributed by atoms with van der Waals surface area (Å²) in [6.07, 6.45) is 6.24. The molecule has 0 unspecified atom stereocenters. The van der Waals surface area contributed by atoms with Crippen molar-refractivity contribution >= 4 is 35.3 Å². The van der Waals surface area contributed by atoms with Gasteiger partial charge in [0.25, 0.3) is 0 Å². The van der Waals surface area contributed by atoms with Gasteiger partial charge in [-0.25, -0.2) is 13.8 Å². The Hall–Kier alpha value is -1.63. The maximum Gasteiger partial charge on any atom is 0.161 e. The Kier molecular flexibility index (Phi) is 3.37. The summed E-state index contributed by atoms with van der Waals surface area (Å²) in [6, 6.07) is 6.44. The normalized spacial score (nSPS) is 14.6. The van der Waals surface area contributed by atoms with E-state index in [1.54, 1.807) is 30.4 Å². The van der Waals surface area contributed by atoms with Crippen molar-refractivity contribution in [3.63, 3.8) is 0 Å². The molecule has 0 amide bonds. The van der Waals surface area contributed by atoms with Crippen LogP contribution in [0.3, 0.4) is 0 Å². The lowest BCUT2D eigenvalue weighted by Gasteiger charge is -2.08. The molecule has 5 heteroatoms. The summed E-state index contributed by atoms with van der Waals surface area (Å²) in [5, 5.41) is 0.659. The number of para-hydroxylation sites is 1. The number of pyridine rings is 1. The molecule has 0 N–H and O–H groups in total. The van der Waals surface area contributed by atoms with E-state index in [9.17, 15) is 8.78 Å². The number of halogens is 3. The molecule has 3 rings (SSSR count). The standard InChI is InChI=1S/C14H8F2INO/c15-11-4-1-3-9-7-10(8-18-14(9)11)19-13-6-2-5-12(16)17-13/h1-8H. The molecular formula is C14H8F2INO. The van der Waals surface area contributed by atoms with E-state index in [0.717, 1.165) is 0 Å². The Morgan fingerprint density at radius 3 is 2.95 bits per heavy atom. The van der Waals surface area contributed by atoms with E-state index in [4.69, 9.17) is 4.74 Å². The Morgan fingerprint density at radius 2 is 2.11 bits per heavy atom. The zero-order valence-corrected chi connectivity index (χ0v) is 11.8. The van der Waals surface area contributed by atoms with Gasteiger partial charge in [0, 0.05) is 5.39 Å². The van der Waals surface area contributed by atoms with Crippen molar-refractivity contribution in [3.05, 3.63) is 58.3 Å². The third-order valence-electron chi connectivity index (χ3n) is 2.48. The van der Waals surface area contributed by atoms with Crippen LogP contribution in [0.4, 0.5) is 8.78 Å². The first-order valence-electron chi connectivity index (χ1n) is 5.50. The topological polar surface area (TPSA) is 22.1 Å². The summed E-state index contributed by atoms with van der Waals surface area (Å²) >= 11 is -0.890. The maximum absolute atomic E-state index is 13.5. The summed E-state index contributed by atoms with van der Waals surface area (Å²) < 4.78 is 32.6. The second-order valence-corrected chi connectivity index (χ2v) is 6.43. The van der Waals surface area contributed by atoms with Crippen LogP contribution in [0.1, 0.15) is 0 Å². The Balaban J connectivity index is 1.95. The van der Waals surface area contributed by atoms with Gasteiger partial charge >= 0.3 is 0 Å². The summed E-state index contributed by atoms with van der Waals surface area (Å²) in [6.45, 7) is 0. The van der Waals surface area contributed by atoms with Gasteiger partial charge in [-0.2, -0.15) is 0 Å². The highest BCUT2D eigenvalue weighted by Crippen LogP contribution is 2.25. The molecule has 1 aliphatic rings. The Morgan fingerprint density at radius 1 is 1.21 bits per heavy atom. The molecule has 2 heterocycles. The SMILES string of the molecule is FC1=CC=CC(Oc2cnc3c(F)cccc3c2)=I1. The fraction of sp³-hybridized carbons (Fsp3) is 0. The largest absolute Gasteiger partial charge is 0.450 e. The third-order valence-corrected chi connectivity index (χ3v) is 4.47. The lowest BCUT2D eigenvalue weighted by Crippen LogP contribution is -2.03. The van der Waals surface area contributed by atoms with E-state index in [1.165, 1.54) is 18.3 Å². The number of hydrogen-bond acceptors (Lipinski definition) is 2. The number of ether oxygens (including phenoxy) is 1. The molecule has 0 saturated carbocycles. The zero-order chi connectivity index (χ0) is 13.2. The molecule has 0 saturated heterocycles. The van der Waals surface area contributed by atoms with Crippen LogP contribution in [-0.4, -0.2) is 8.68 Å². The number of nitrogens with zero attached hydrogens (tertiary/aromatic N) is 1. The summed E-state index contributed by atoms with van der Waals surface area (Å²) in [5.74, 6) is 0.128. The average Bonchev–Trinajstić information content (AvgIpc) is 2.39. The minimum absolute atomic E-state index is 0.143. The average molecular weight is 371 g/mol. The number of rotatable bonds is 2. The second kappa shape index (κ2) is 5.16. The predicted octanol–water partition coefficient (Wildman–Crippen LogP) is 4.23. The maximum atomic E-state index is 13.5. The van der Waals surface area contributed by atoms with Crippen molar-refractivity contribution in [2.45, 2.75) is 0 Å². The molecular weight excluding hydrogens is 363 g/mol. The van der Waals surface area contributed by atoms with Crippen molar-refractivity contribution in [2.24, 2.45) is 0 Å². The molecule has 1 aliphatic heterocycles. The van der Waals surface area contributed by atoms with Gasteiger partial charge in [-0.1, -0.05) is 18.2 Å². The van der Waals surface area contributed by atoms with E-state index in [0.29, 0.717) is 20.3 Å².